The summed E-state index contributed by atoms with van der Waals surface area (Å²) < 4.78 is 10.4. The van der Waals surface area contributed by atoms with Crippen LogP contribution in [0.3, 0.4) is 0 Å². The van der Waals surface area contributed by atoms with E-state index in [2.05, 4.69) is 15.6 Å². The van der Waals surface area contributed by atoms with Crippen LogP contribution in [0, 0.1) is 0 Å². The van der Waals surface area contributed by atoms with E-state index in [1.54, 1.807) is 37.6 Å². The van der Waals surface area contributed by atoms with Gasteiger partial charge < -0.3 is 24.9 Å². The van der Waals surface area contributed by atoms with Gasteiger partial charge in [0, 0.05) is 6.20 Å². The third-order valence-electron chi connectivity index (χ3n) is 3.74. The van der Waals surface area contributed by atoms with Gasteiger partial charge in [0.05, 0.1) is 31.2 Å². The number of para-hydroxylation sites is 2. The lowest BCUT2D eigenvalue weighted by molar-refractivity contribution is 0.0901. The highest BCUT2D eigenvalue weighted by Crippen LogP contribution is 2.27. The van der Waals surface area contributed by atoms with E-state index in [9.17, 15) is 9.90 Å². The molecular weight excluding hydrogens is 334 g/mol. The molecule has 1 amide bonds. The van der Waals surface area contributed by atoms with Crippen molar-refractivity contribution >= 4 is 17.4 Å². The van der Waals surface area contributed by atoms with Crippen LogP contribution in [-0.4, -0.2) is 29.7 Å². The number of pyridine rings is 1. The van der Waals surface area contributed by atoms with Crippen LogP contribution in [0.4, 0.5) is 11.5 Å². The predicted octanol–water partition coefficient (Wildman–Crippen LogP) is 2.89. The molecule has 0 bridgehead atoms. The average Bonchev–Trinajstić information content (AvgIpc) is 3.21. The SMILES string of the molecule is COc1ccccc1Nc1ncccc1C(=O)NCC(O)c1ccco1. The van der Waals surface area contributed by atoms with Crippen molar-refractivity contribution in [3.05, 3.63) is 72.3 Å². The molecule has 0 radical (unpaired) electrons. The number of anilines is 2. The summed E-state index contributed by atoms with van der Waals surface area (Å²) >= 11 is 0. The minimum Gasteiger partial charge on any atom is -0.495 e. The van der Waals surface area contributed by atoms with Crippen LogP contribution < -0.4 is 15.4 Å². The van der Waals surface area contributed by atoms with Crippen molar-refractivity contribution in [1.29, 1.82) is 0 Å². The number of rotatable bonds is 7. The number of carbonyl (C=O) groups excluding carboxylic acids is 1. The summed E-state index contributed by atoms with van der Waals surface area (Å²) in [6, 6.07) is 14.0. The fourth-order valence-electron chi connectivity index (χ4n) is 2.43. The molecule has 1 unspecified atom stereocenters. The minimum atomic E-state index is -0.920. The molecule has 3 aromatic rings. The molecule has 26 heavy (non-hydrogen) atoms. The molecule has 0 saturated heterocycles. The Kier molecular flexibility index (Phi) is 5.50. The fraction of sp³-hybridized carbons (Fsp3) is 0.158. The van der Waals surface area contributed by atoms with Gasteiger partial charge in [-0.15, -0.1) is 0 Å². The Balaban J connectivity index is 1.73. The number of nitrogens with one attached hydrogen (secondary N) is 2. The molecule has 0 spiro atoms. The van der Waals surface area contributed by atoms with E-state index >= 15 is 0 Å². The van der Waals surface area contributed by atoms with E-state index in [1.165, 1.54) is 6.26 Å². The van der Waals surface area contributed by atoms with Crippen LogP contribution in [0.15, 0.2) is 65.4 Å². The molecular formula is C19H19N3O4. The summed E-state index contributed by atoms with van der Waals surface area (Å²) in [6.45, 7) is 0.0232. The van der Waals surface area contributed by atoms with Crippen LogP contribution in [0.1, 0.15) is 22.2 Å². The van der Waals surface area contributed by atoms with Crippen molar-refractivity contribution in [2.24, 2.45) is 0 Å². The predicted molar refractivity (Wildman–Crippen MR) is 96.5 cm³/mol. The summed E-state index contributed by atoms with van der Waals surface area (Å²) in [7, 11) is 1.57. The molecule has 0 aliphatic rings. The van der Waals surface area contributed by atoms with Crippen molar-refractivity contribution in [2.75, 3.05) is 19.0 Å². The maximum atomic E-state index is 12.5. The number of hydrogen-bond donors (Lipinski definition) is 3. The Morgan fingerprint density at radius 1 is 1.23 bits per heavy atom. The molecule has 7 heteroatoms. The third-order valence-corrected chi connectivity index (χ3v) is 3.74. The summed E-state index contributed by atoms with van der Waals surface area (Å²) in [5.41, 5.74) is 1.04. The first-order chi connectivity index (χ1) is 12.7. The first kappa shape index (κ1) is 17.5. The highest BCUT2D eigenvalue weighted by atomic mass is 16.5. The van der Waals surface area contributed by atoms with Crippen molar-refractivity contribution in [3.8, 4) is 5.75 Å². The Labute approximate surface area is 150 Å². The second kappa shape index (κ2) is 8.17. The molecule has 1 aromatic carbocycles. The molecule has 3 rings (SSSR count). The molecule has 0 saturated carbocycles. The van der Waals surface area contributed by atoms with Gasteiger partial charge in [-0.1, -0.05) is 12.1 Å². The van der Waals surface area contributed by atoms with Gasteiger partial charge in [0.25, 0.3) is 5.91 Å². The monoisotopic (exact) mass is 353 g/mol. The number of methoxy groups -OCH3 is 1. The van der Waals surface area contributed by atoms with Gasteiger partial charge in [0.1, 0.15) is 23.4 Å². The highest BCUT2D eigenvalue weighted by molar-refractivity contribution is 5.99. The fourth-order valence-corrected chi connectivity index (χ4v) is 2.43. The normalized spacial score (nSPS) is 11.6. The second-order valence-electron chi connectivity index (χ2n) is 5.47. The number of aliphatic hydroxyl groups excluding tert-OH is 1. The van der Waals surface area contributed by atoms with Gasteiger partial charge in [-0.3, -0.25) is 4.79 Å². The largest absolute Gasteiger partial charge is 0.495 e. The van der Waals surface area contributed by atoms with Gasteiger partial charge in [0.2, 0.25) is 0 Å². The number of aliphatic hydroxyl groups is 1. The van der Waals surface area contributed by atoms with E-state index in [1.807, 2.05) is 24.3 Å². The number of hydrogen-bond acceptors (Lipinski definition) is 6. The van der Waals surface area contributed by atoms with Crippen LogP contribution in [0.25, 0.3) is 0 Å². The zero-order valence-corrected chi connectivity index (χ0v) is 14.2. The summed E-state index contributed by atoms with van der Waals surface area (Å²) in [5, 5.41) is 15.8. The standard InChI is InChI=1S/C19H19N3O4/c1-25-16-8-3-2-7-14(16)22-18-13(6-4-10-20-18)19(24)21-12-15(23)17-9-5-11-26-17/h2-11,15,23H,12H2,1H3,(H,20,22)(H,21,24). The van der Waals surface area contributed by atoms with Crippen LogP contribution in [-0.2, 0) is 0 Å². The minimum absolute atomic E-state index is 0.0232. The van der Waals surface area contributed by atoms with Crippen molar-refractivity contribution in [3.63, 3.8) is 0 Å². The van der Waals surface area contributed by atoms with Gasteiger partial charge in [-0.25, -0.2) is 4.98 Å². The first-order valence-electron chi connectivity index (χ1n) is 8.03. The van der Waals surface area contributed by atoms with Gasteiger partial charge >= 0.3 is 0 Å². The second-order valence-corrected chi connectivity index (χ2v) is 5.47. The van der Waals surface area contributed by atoms with Gasteiger partial charge in [-0.05, 0) is 36.4 Å². The summed E-state index contributed by atoms with van der Waals surface area (Å²) in [5.74, 6) is 1.06. The topological polar surface area (TPSA) is 96.6 Å². The van der Waals surface area contributed by atoms with Crippen molar-refractivity contribution in [1.82, 2.24) is 10.3 Å². The van der Waals surface area contributed by atoms with E-state index < -0.39 is 6.10 Å². The zero-order valence-electron chi connectivity index (χ0n) is 14.2. The molecule has 134 valence electrons. The average molecular weight is 353 g/mol. The Hall–Kier alpha value is -3.32. The van der Waals surface area contributed by atoms with Crippen molar-refractivity contribution in [2.45, 2.75) is 6.10 Å². The number of ether oxygens (including phenoxy) is 1. The lowest BCUT2D eigenvalue weighted by atomic mass is 10.2. The van der Waals surface area contributed by atoms with Crippen LogP contribution in [0.5, 0.6) is 5.75 Å². The first-order valence-corrected chi connectivity index (χ1v) is 8.03. The third kappa shape index (κ3) is 4.01. The Morgan fingerprint density at radius 3 is 2.85 bits per heavy atom. The molecule has 0 aliphatic heterocycles. The number of amides is 1. The quantitative estimate of drug-likeness (QED) is 0.604. The lowest BCUT2D eigenvalue weighted by Gasteiger charge is -2.14. The molecule has 2 aromatic heterocycles. The maximum Gasteiger partial charge on any atom is 0.255 e. The summed E-state index contributed by atoms with van der Waals surface area (Å²) in [6.07, 6.45) is 2.14. The lowest BCUT2D eigenvalue weighted by Crippen LogP contribution is -2.29. The van der Waals surface area contributed by atoms with Crippen LogP contribution in [0.2, 0.25) is 0 Å². The van der Waals surface area contributed by atoms with Crippen LogP contribution >= 0.6 is 0 Å². The number of aromatic nitrogens is 1. The molecule has 0 aliphatic carbocycles. The van der Waals surface area contributed by atoms with E-state index in [0.717, 1.165) is 0 Å². The molecule has 1 atom stereocenters. The van der Waals surface area contributed by atoms with E-state index in [0.29, 0.717) is 28.6 Å². The maximum absolute atomic E-state index is 12.5. The zero-order chi connectivity index (χ0) is 18.4. The van der Waals surface area contributed by atoms with Crippen molar-refractivity contribution < 1.29 is 19.1 Å². The highest BCUT2D eigenvalue weighted by Gasteiger charge is 2.16. The Morgan fingerprint density at radius 2 is 2.08 bits per heavy atom. The molecule has 0 fully saturated rings. The van der Waals surface area contributed by atoms with E-state index in [4.69, 9.17) is 9.15 Å². The smallest absolute Gasteiger partial charge is 0.255 e. The Bertz CT molecular complexity index is 865. The van der Waals surface area contributed by atoms with Gasteiger partial charge in [0.15, 0.2) is 0 Å². The number of nitrogens with zero attached hydrogens (tertiary/aromatic N) is 1. The molecule has 2 heterocycles. The molecule has 3 N–H and O–H groups in total. The van der Waals surface area contributed by atoms with E-state index in [-0.39, 0.29) is 12.5 Å². The van der Waals surface area contributed by atoms with Gasteiger partial charge in [-0.2, -0.15) is 0 Å². The number of carbonyl (C=O) groups is 1. The summed E-state index contributed by atoms with van der Waals surface area (Å²) in [4.78, 5) is 16.8. The number of benzene rings is 1. The molecule has 7 nitrogen and oxygen atoms in total. The number of furan rings is 1.